The summed E-state index contributed by atoms with van der Waals surface area (Å²) in [6.45, 7) is 0. The zero-order chi connectivity index (χ0) is 13.6. The van der Waals surface area contributed by atoms with Crippen LogP contribution in [0.2, 0.25) is 0 Å². The number of amides is 2. The summed E-state index contributed by atoms with van der Waals surface area (Å²) in [4.78, 5) is 27.3. The lowest BCUT2D eigenvalue weighted by molar-refractivity contribution is -0.129. The van der Waals surface area contributed by atoms with Gasteiger partial charge in [-0.1, -0.05) is 12.1 Å². The van der Waals surface area contributed by atoms with Crippen LogP contribution in [0.15, 0.2) is 24.3 Å². The molecule has 99 valence electrons. The second-order valence-electron chi connectivity index (χ2n) is 5.07. The van der Waals surface area contributed by atoms with Crippen LogP contribution in [-0.4, -0.2) is 42.9 Å². The summed E-state index contributed by atoms with van der Waals surface area (Å²) in [6.07, 6.45) is 1.21. The van der Waals surface area contributed by atoms with Gasteiger partial charge in [0, 0.05) is 20.5 Å². The molecule has 2 atom stereocenters. The topological polar surface area (TPSA) is 54.7 Å². The summed E-state index contributed by atoms with van der Waals surface area (Å²) in [5.41, 5.74) is 1.65. The predicted octanol–water partition coefficient (Wildman–Crippen LogP) is 0.888. The van der Waals surface area contributed by atoms with Crippen molar-refractivity contribution in [2.24, 2.45) is 0 Å². The van der Waals surface area contributed by atoms with Gasteiger partial charge in [-0.2, -0.15) is 0 Å². The monoisotopic (exact) mass is 258 g/mol. The molecule has 1 aromatic carbocycles. The smallest absolute Gasteiger partial charge is 0.253 e. The van der Waals surface area contributed by atoms with Crippen molar-refractivity contribution in [2.75, 3.05) is 19.0 Å². The fourth-order valence-electron chi connectivity index (χ4n) is 2.83. The minimum Gasteiger partial charge on any atom is -0.340 e. The Labute approximate surface area is 112 Å². The molecule has 3 rings (SSSR count). The summed E-state index contributed by atoms with van der Waals surface area (Å²) >= 11 is 0. The van der Waals surface area contributed by atoms with Crippen LogP contribution < -0.4 is 10.2 Å². The van der Waals surface area contributed by atoms with Gasteiger partial charge in [-0.15, -0.1) is 0 Å². The molecule has 0 spiro atoms. The lowest BCUT2D eigenvalue weighted by atomic mass is 10.0. The molecule has 0 N–H and O–H groups in total. The second-order valence-corrected chi connectivity index (χ2v) is 5.07. The van der Waals surface area contributed by atoms with E-state index in [2.05, 4.69) is 5.32 Å². The van der Waals surface area contributed by atoms with E-state index < -0.39 is 6.04 Å². The molecule has 1 fully saturated rings. The minimum atomic E-state index is -0.476. The standard InChI is InChI=1S/C14H16N3O2/c1-16-11(7-8-12(16)18)13-14(19)17(2)10-6-4-3-5-9(10)15-13/h3-6,11,13H,7-8H2,1-2H3. The molecule has 0 bridgehead atoms. The lowest BCUT2D eigenvalue weighted by Crippen LogP contribution is -2.54. The van der Waals surface area contributed by atoms with Gasteiger partial charge in [-0.25, -0.2) is 0 Å². The van der Waals surface area contributed by atoms with Crippen LogP contribution in [0.25, 0.3) is 0 Å². The molecule has 1 radical (unpaired) electrons. The second kappa shape index (κ2) is 4.26. The zero-order valence-electron chi connectivity index (χ0n) is 11.0. The van der Waals surface area contributed by atoms with Gasteiger partial charge >= 0.3 is 0 Å². The maximum atomic E-state index is 12.4. The fraction of sp³-hybridized carbons (Fsp3) is 0.429. The van der Waals surface area contributed by atoms with Crippen LogP contribution in [0.4, 0.5) is 11.4 Å². The molecule has 2 unspecified atom stereocenters. The van der Waals surface area contributed by atoms with Crippen LogP contribution in [0.1, 0.15) is 12.8 Å². The van der Waals surface area contributed by atoms with Crippen molar-refractivity contribution in [1.82, 2.24) is 10.2 Å². The zero-order valence-corrected chi connectivity index (χ0v) is 11.0. The molecule has 2 heterocycles. The molecule has 5 nitrogen and oxygen atoms in total. The van der Waals surface area contributed by atoms with Crippen LogP contribution in [0.5, 0.6) is 0 Å². The fourth-order valence-corrected chi connectivity index (χ4v) is 2.83. The quantitative estimate of drug-likeness (QED) is 0.751. The van der Waals surface area contributed by atoms with E-state index in [9.17, 15) is 9.59 Å². The van der Waals surface area contributed by atoms with Crippen molar-refractivity contribution in [3.8, 4) is 0 Å². The Bertz CT molecular complexity index is 543. The number of para-hydroxylation sites is 2. The first-order valence-corrected chi connectivity index (χ1v) is 6.42. The number of fused-ring (bicyclic) bond motifs is 1. The molecule has 0 aromatic heterocycles. The van der Waals surface area contributed by atoms with Crippen molar-refractivity contribution < 1.29 is 9.59 Å². The number of rotatable bonds is 1. The first kappa shape index (κ1) is 12.0. The summed E-state index contributed by atoms with van der Waals surface area (Å²) in [6, 6.07) is 7.00. The highest BCUT2D eigenvalue weighted by molar-refractivity contribution is 6.03. The number of likely N-dealkylation sites (N-methyl/N-ethyl adjacent to an activating group) is 2. The molecule has 0 aliphatic carbocycles. The lowest BCUT2D eigenvalue weighted by Gasteiger charge is -2.36. The molecule has 2 amide bonds. The molecule has 19 heavy (non-hydrogen) atoms. The third-order valence-corrected chi connectivity index (χ3v) is 4.01. The SMILES string of the molecule is CN1C(=O)C(C2CCC(=O)N2C)[N]c2ccccc21. The van der Waals surface area contributed by atoms with E-state index in [0.717, 1.165) is 11.4 Å². The summed E-state index contributed by atoms with van der Waals surface area (Å²) in [5, 5.41) is 4.56. The van der Waals surface area contributed by atoms with Gasteiger partial charge < -0.3 is 9.80 Å². The first-order chi connectivity index (χ1) is 9.09. The number of nitrogens with zero attached hydrogens (tertiary/aromatic N) is 3. The molecule has 0 saturated carbocycles. The van der Waals surface area contributed by atoms with Crippen LogP contribution in [0, 0.1) is 0 Å². The largest absolute Gasteiger partial charge is 0.340 e. The van der Waals surface area contributed by atoms with Crippen LogP contribution in [0.3, 0.4) is 0 Å². The third kappa shape index (κ3) is 1.77. The summed E-state index contributed by atoms with van der Waals surface area (Å²) < 4.78 is 0. The van der Waals surface area contributed by atoms with Gasteiger partial charge in [0.25, 0.3) is 5.91 Å². The molecule has 1 saturated heterocycles. The number of hydrogen-bond acceptors (Lipinski definition) is 2. The van der Waals surface area contributed by atoms with Crippen molar-refractivity contribution in [3.05, 3.63) is 24.3 Å². The van der Waals surface area contributed by atoms with E-state index in [-0.39, 0.29) is 17.9 Å². The number of hydrogen-bond donors (Lipinski definition) is 0. The van der Waals surface area contributed by atoms with E-state index in [1.54, 1.807) is 23.9 Å². The number of likely N-dealkylation sites (tertiary alicyclic amines) is 1. The van der Waals surface area contributed by atoms with E-state index in [1.165, 1.54) is 0 Å². The van der Waals surface area contributed by atoms with E-state index in [1.807, 2.05) is 24.3 Å². The molecule has 5 heteroatoms. The number of carbonyl (C=O) groups excluding carboxylic acids is 2. The molecule has 2 aliphatic heterocycles. The number of benzene rings is 1. The Morgan fingerprint density at radius 3 is 2.63 bits per heavy atom. The van der Waals surface area contributed by atoms with Gasteiger partial charge in [0.1, 0.15) is 6.04 Å². The molecule has 1 aromatic rings. The summed E-state index contributed by atoms with van der Waals surface area (Å²) in [5.74, 6) is 0.0553. The van der Waals surface area contributed by atoms with Crippen molar-refractivity contribution >= 4 is 23.2 Å². The Kier molecular flexibility index (Phi) is 2.69. The predicted molar refractivity (Wildman–Crippen MR) is 71.2 cm³/mol. The Balaban J connectivity index is 1.93. The number of carbonyl (C=O) groups is 2. The maximum absolute atomic E-state index is 12.4. The van der Waals surface area contributed by atoms with Crippen molar-refractivity contribution in [1.29, 1.82) is 0 Å². The van der Waals surface area contributed by atoms with E-state index in [4.69, 9.17) is 0 Å². The Hall–Kier alpha value is -2.04. The molecular weight excluding hydrogens is 242 g/mol. The number of anilines is 1. The third-order valence-electron chi connectivity index (χ3n) is 4.01. The van der Waals surface area contributed by atoms with Crippen molar-refractivity contribution in [2.45, 2.75) is 24.9 Å². The van der Waals surface area contributed by atoms with Gasteiger partial charge in [-0.3, -0.25) is 14.9 Å². The Morgan fingerprint density at radius 2 is 1.95 bits per heavy atom. The highest BCUT2D eigenvalue weighted by Crippen LogP contribution is 2.33. The van der Waals surface area contributed by atoms with E-state index in [0.29, 0.717) is 12.8 Å². The highest BCUT2D eigenvalue weighted by Gasteiger charge is 2.42. The summed E-state index contributed by atoms with van der Waals surface area (Å²) in [7, 11) is 3.52. The van der Waals surface area contributed by atoms with Crippen LogP contribution >= 0.6 is 0 Å². The maximum Gasteiger partial charge on any atom is 0.253 e. The van der Waals surface area contributed by atoms with Gasteiger partial charge in [0.15, 0.2) is 0 Å². The van der Waals surface area contributed by atoms with Crippen molar-refractivity contribution in [3.63, 3.8) is 0 Å². The average Bonchev–Trinajstić information content (AvgIpc) is 2.75. The molecule has 2 aliphatic rings. The van der Waals surface area contributed by atoms with E-state index >= 15 is 0 Å². The van der Waals surface area contributed by atoms with Crippen LogP contribution in [-0.2, 0) is 9.59 Å². The average molecular weight is 258 g/mol. The van der Waals surface area contributed by atoms with Gasteiger partial charge in [0.2, 0.25) is 5.91 Å². The van der Waals surface area contributed by atoms with Gasteiger partial charge in [0.05, 0.1) is 17.4 Å². The minimum absolute atomic E-state index is 0.0368. The normalized spacial score (nSPS) is 26.4. The molecular formula is C14H16N3O2. The Morgan fingerprint density at radius 1 is 1.21 bits per heavy atom. The first-order valence-electron chi connectivity index (χ1n) is 6.42. The highest BCUT2D eigenvalue weighted by atomic mass is 16.2. The van der Waals surface area contributed by atoms with Gasteiger partial charge in [-0.05, 0) is 18.6 Å².